The van der Waals surface area contributed by atoms with Crippen molar-refractivity contribution in [2.24, 2.45) is 0 Å². The maximum Gasteiger partial charge on any atom is 0.270 e. The van der Waals surface area contributed by atoms with Crippen molar-refractivity contribution in [3.63, 3.8) is 0 Å². The summed E-state index contributed by atoms with van der Waals surface area (Å²) in [6.07, 6.45) is -2.14. The molecule has 2 rings (SSSR count). The Bertz CT molecular complexity index is 501. The highest BCUT2D eigenvalue weighted by Gasteiger charge is 2.13. The molecule has 0 saturated heterocycles. The van der Waals surface area contributed by atoms with E-state index in [1.807, 2.05) is 5.38 Å². The first kappa shape index (κ1) is 12.9. The average Bonchev–Trinajstić information content (AvgIpc) is 2.92. The summed E-state index contributed by atoms with van der Waals surface area (Å²) in [6, 6.07) is 1.75. The third kappa shape index (κ3) is 3.23. The smallest absolute Gasteiger partial charge is 0.270 e. The summed E-state index contributed by atoms with van der Waals surface area (Å²) in [5.74, 6) is 0.749. The minimum absolute atomic E-state index is 0.128. The van der Waals surface area contributed by atoms with Gasteiger partial charge in [0, 0.05) is 6.42 Å². The van der Waals surface area contributed by atoms with Gasteiger partial charge >= 0.3 is 0 Å². The predicted molar refractivity (Wildman–Crippen MR) is 62.6 cm³/mol. The van der Waals surface area contributed by atoms with Gasteiger partial charge in [0.15, 0.2) is 5.82 Å². The molecule has 0 amide bonds. The molecule has 0 aromatic carbocycles. The Balaban J connectivity index is 1.89. The number of rotatable bonds is 6. The summed E-state index contributed by atoms with van der Waals surface area (Å²) < 4.78 is 33.4. The predicted octanol–water partition coefficient (Wildman–Crippen LogP) is 2.20. The van der Waals surface area contributed by atoms with Gasteiger partial charge in [-0.2, -0.15) is 4.98 Å². The highest BCUT2D eigenvalue weighted by atomic mass is 32.1. The number of ether oxygens (including phenoxy) is 1. The van der Waals surface area contributed by atoms with E-state index in [2.05, 4.69) is 10.1 Å². The van der Waals surface area contributed by atoms with Crippen LogP contribution in [0, 0.1) is 0 Å². The van der Waals surface area contributed by atoms with Crippen molar-refractivity contribution < 1.29 is 18.0 Å². The van der Waals surface area contributed by atoms with Crippen LogP contribution in [0.25, 0.3) is 10.8 Å². The molecule has 2 heterocycles. The Morgan fingerprint density at radius 3 is 3.00 bits per heavy atom. The largest absolute Gasteiger partial charge is 0.397 e. The van der Waals surface area contributed by atoms with E-state index in [0.717, 1.165) is 0 Å². The van der Waals surface area contributed by atoms with E-state index in [0.29, 0.717) is 28.7 Å². The number of nitrogens with two attached hydrogens (primary N) is 1. The van der Waals surface area contributed by atoms with Crippen molar-refractivity contribution in [3.05, 3.63) is 17.3 Å². The van der Waals surface area contributed by atoms with Crippen molar-refractivity contribution in [1.82, 2.24) is 10.1 Å². The lowest BCUT2D eigenvalue weighted by Gasteiger charge is -1.99. The van der Waals surface area contributed by atoms with Gasteiger partial charge in [-0.1, -0.05) is 5.16 Å². The summed E-state index contributed by atoms with van der Waals surface area (Å²) in [6.45, 7) is -0.453. The molecule has 2 aromatic rings. The average molecular weight is 275 g/mol. The van der Waals surface area contributed by atoms with Gasteiger partial charge in [-0.25, -0.2) is 8.78 Å². The quantitative estimate of drug-likeness (QED) is 0.818. The van der Waals surface area contributed by atoms with Gasteiger partial charge in [0.25, 0.3) is 12.3 Å². The van der Waals surface area contributed by atoms with Gasteiger partial charge in [-0.05, 0) is 11.4 Å². The first-order valence-electron chi connectivity index (χ1n) is 5.18. The van der Waals surface area contributed by atoms with E-state index in [9.17, 15) is 8.78 Å². The van der Waals surface area contributed by atoms with Crippen molar-refractivity contribution in [2.75, 3.05) is 18.9 Å². The molecule has 2 N–H and O–H groups in total. The Labute approximate surface area is 106 Å². The molecule has 0 unspecified atom stereocenters. The lowest BCUT2D eigenvalue weighted by atomic mass is 10.4. The van der Waals surface area contributed by atoms with Crippen molar-refractivity contribution >= 4 is 17.0 Å². The number of anilines is 1. The Kier molecular flexibility index (Phi) is 4.21. The third-order valence-electron chi connectivity index (χ3n) is 2.07. The van der Waals surface area contributed by atoms with Crippen LogP contribution in [0.3, 0.4) is 0 Å². The molecular weight excluding hydrogens is 264 g/mol. The Morgan fingerprint density at radius 2 is 2.33 bits per heavy atom. The summed E-state index contributed by atoms with van der Waals surface area (Å²) in [5.41, 5.74) is 6.28. The van der Waals surface area contributed by atoms with E-state index >= 15 is 0 Å². The monoisotopic (exact) mass is 275 g/mol. The summed E-state index contributed by atoms with van der Waals surface area (Å²) in [7, 11) is 0. The zero-order valence-corrected chi connectivity index (χ0v) is 10.1. The molecule has 0 saturated carbocycles. The first-order chi connectivity index (χ1) is 8.66. The van der Waals surface area contributed by atoms with Crippen LogP contribution in [0.15, 0.2) is 16.0 Å². The summed E-state index contributed by atoms with van der Waals surface area (Å²) in [5, 5.41) is 5.55. The van der Waals surface area contributed by atoms with E-state index in [1.54, 1.807) is 6.07 Å². The number of hydrogen-bond donors (Lipinski definition) is 1. The second kappa shape index (κ2) is 5.87. The standard InChI is InChI=1S/C10H11F2N3O2S/c11-7(12)5-16-3-1-8-14-10(17-15-8)9-6(13)2-4-18-9/h2,4,7H,1,3,5,13H2. The maximum atomic E-state index is 11.8. The molecule has 0 fully saturated rings. The molecule has 0 bridgehead atoms. The zero-order chi connectivity index (χ0) is 13.0. The van der Waals surface area contributed by atoms with Crippen LogP contribution in [-0.2, 0) is 11.2 Å². The van der Waals surface area contributed by atoms with E-state index < -0.39 is 13.0 Å². The molecule has 0 aliphatic carbocycles. The normalized spacial score (nSPS) is 11.3. The van der Waals surface area contributed by atoms with Crippen molar-refractivity contribution in [1.29, 1.82) is 0 Å². The number of nitrogens with zero attached hydrogens (tertiary/aromatic N) is 2. The van der Waals surface area contributed by atoms with Gasteiger partial charge in [0.1, 0.15) is 11.5 Å². The molecule has 0 aliphatic heterocycles. The van der Waals surface area contributed by atoms with Crippen LogP contribution in [0.1, 0.15) is 5.82 Å². The van der Waals surface area contributed by atoms with E-state index in [4.69, 9.17) is 15.0 Å². The van der Waals surface area contributed by atoms with Crippen molar-refractivity contribution in [3.8, 4) is 10.8 Å². The van der Waals surface area contributed by atoms with Gasteiger partial charge < -0.3 is 15.0 Å². The maximum absolute atomic E-state index is 11.8. The third-order valence-corrected chi connectivity index (χ3v) is 2.99. The molecular formula is C10H11F2N3O2S. The topological polar surface area (TPSA) is 74.2 Å². The number of halogens is 2. The number of thiophene rings is 1. The van der Waals surface area contributed by atoms with Crippen LogP contribution in [0.4, 0.5) is 14.5 Å². The van der Waals surface area contributed by atoms with Crippen LogP contribution in [0.5, 0.6) is 0 Å². The molecule has 0 radical (unpaired) electrons. The number of hydrogen-bond acceptors (Lipinski definition) is 6. The second-order valence-electron chi connectivity index (χ2n) is 3.44. The number of aromatic nitrogens is 2. The highest BCUT2D eigenvalue weighted by Crippen LogP contribution is 2.29. The minimum Gasteiger partial charge on any atom is -0.397 e. The van der Waals surface area contributed by atoms with Crippen LogP contribution in [-0.4, -0.2) is 29.8 Å². The van der Waals surface area contributed by atoms with E-state index in [1.165, 1.54) is 11.3 Å². The number of nitrogen functional groups attached to an aromatic ring is 1. The highest BCUT2D eigenvalue weighted by molar-refractivity contribution is 7.14. The molecule has 5 nitrogen and oxygen atoms in total. The minimum atomic E-state index is -2.46. The SMILES string of the molecule is Nc1ccsc1-c1nc(CCOCC(F)F)no1. The van der Waals surface area contributed by atoms with Gasteiger partial charge in [0.2, 0.25) is 0 Å². The molecule has 0 aliphatic rings. The molecule has 98 valence electrons. The van der Waals surface area contributed by atoms with Gasteiger partial charge in [-0.15, -0.1) is 11.3 Å². The summed E-state index contributed by atoms with van der Waals surface area (Å²) in [4.78, 5) is 4.83. The zero-order valence-electron chi connectivity index (χ0n) is 9.31. The fourth-order valence-corrected chi connectivity index (χ4v) is 2.02. The lowest BCUT2D eigenvalue weighted by Crippen LogP contribution is -2.07. The second-order valence-corrected chi connectivity index (χ2v) is 4.35. The molecule has 0 atom stereocenters. The van der Waals surface area contributed by atoms with Crippen LogP contribution < -0.4 is 5.73 Å². The first-order valence-corrected chi connectivity index (χ1v) is 6.06. The molecule has 0 spiro atoms. The molecule has 18 heavy (non-hydrogen) atoms. The van der Waals surface area contributed by atoms with E-state index in [-0.39, 0.29) is 6.61 Å². The summed E-state index contributed by atoms with van der Waals surface area (Å²) >= 11 is 1.40. The van der Waals surface area contributed by atoms with Gasteiger partial charge in [-0.3, -0.25) is 0 Å². The Hall–Kier alpha value is -1.54. The Morgan fingerprint density at radius 1 is 1.50 bits per heavy atom. The molecule has 8 heteroatoms. The fraction of sp³-hybridized carbons (Fsp3) is 0.400. The van der Waals surface area contributed by atoms with Gasteiger partial charge in [0.05, 0.1) is 12.3 Å². The van der Waals surface area contributed by atoms with Crippen LogP contribution >= 0.6 is 11.3 Å². The van der Waals surface area contributed by atoms with Crippen LogP contribution in [0.2, 0.25) is 0 Å². The number of alkyl halides is 2. The van der Waals surface area contributed by atoms with Crippen molar-refractivity contribution in [2.45, 2.75) is 12.8 Å². The molecule has 2 aromatic heterocycles. The lowest BCUT2D eigenvalue weighted by molar-refractivity contribution is 0.0182. The fourth-order valence-electron chi connectivity index (χ4n) is 1.28.